The van der Waals surface area contributed by atoms with Crippen molar-refractivity contribution in [3.8, 4) is 17.1 Å². The van der Waals surface area contributed by atoms with Gasteiger partial charge in [-0.25, -0.2) is 0 Å². The van der Waals surface area contributed by atoms with Crippen molar-refractivity contribution in [1.29, 1.82) is 0 Å². The summed E-state index contributed by atoms with van der Waals surface area (Å²) in [6, 6.07) is 17.5. The van der Waals surface area contributed by atoms with Gasteiger partial charge in [0, 0.05) is 10.0 Å². The lowest BCUT2D eigenvalue weighted by Crippen LogP contribution is -2.11. The van der Waals surface area contributed by atoms with Crippen LogP contribution < -0.4 is 4.74 Å². The van der Waals surface area contributed by atoms with E-state index in [-0.39, 0.29) is 0 Å². The number of ether oxygens (including phenoxy) is 1. The molecule has 0 aliphatic heterocycles. The smallest absolute Gasteiger partial charge is 0.206 e. The van der Waals surface area contributed by atoms with Crippen LogP contribution in [0, 0.1) is 0 Å². The molecule has 0 bridgehead atoms. The van der Waals surface area contributed by atoms with Gasteiger partial charge in [-0.05, 0) is 29.5 Å². The van der Waals surface area contributed by atoms with Crippen LogP contribution in [-0.4, -0.2) is 26.8 Å². The highest BCUT2D eigenvalue weighted by atomic mass is 79.9. The molecule has 1 aromatic heterocycles. The topological polar surface area (TPSA) is 52.8 Å². The van der Waals surface area contributed by atoms with Gasteiger partial charge in [-0.15, -0.1) is 10.2 Å². The number of nitrogens with zero attached hydrogens (tertiary/aromatic N) is 4. The average molecular weight is 345 g/mol. The standard InChI is InChI=1S/C15H13BrN4O/c16-14-9-5-4-8-13(14)15-17-19-20(18-15)10-11-21-12-6-2-1-3-7-12/h1-9H,10-11H2. The molecule has 3 aromatic rings. The third kappa shape index (κ3) is 3.46. The summed E-state index contributed by atoms with van der Waals surface area (Å²) in [6.45, 7) is 1.04. The van der Waals surface area contributed by atoms with E-state index in [2.05, 4.69) is 31.3 Å². The predicted octanol–water partition coefficient (Wildman–Crippen LogP) is 3.18. The van der Waals surface area contributed by atoms with Crippen LogP contribution in [0.3, 0.4) is 0 Å². The molecule has 3 rings (SSSR count). The molecule has 5 nitrogen and oxygen atoms in total. The Balaban J connectivity index is 1.62. The van der Waals surface area contributed by atoms with Gasteiger partial charge in [-0.1, -0.05) is 46.3 Å². The van der Waals surface area contributed by atoms with Gasteiger partial charge >= 0.3 is 0 Å². The zero-order chi connectivity index (χ0) is 14.5. The van der Waals surface area contributed by atoms with E-state index in [0.29, 0.717) is 19.0 Å². The molecule has 0 atom stereocenters. The van der Waals surface area contributed by atoms with Crippen LogP contribution in [-0.2, 0) is 6.54 Å². The largest absolute Gasteiger partial charge is 0.492 e. The van der Waals surface area contributed by atoms with Crippen molar-refractivity contribution >= 4 is 15.9 Å². The summed E-state index contributed by atoms with van der Waals surface area (Å²) >= 11 is 3.48. The zero-order valence-corrected chi connectivity index (χ0v) is 12.8. The Kier molecular flexibility index (Phi) is 4.25. The van der Waals surface area contributed by atoms with E-state index in [1.54, 1.807) is 0 Å². The Labute approximate surface area is 130 Å². The van der Waals surface area contributed by atoms with Gasteiger partial charge in [0.1, 0.15) is 12.4 Å². The Bertz CT molecular complexity index is 714. The molecule has 0 spiro atoms. The predicted molar refractivity (Wildman–Crippen MR) is 82.9 cm³/mol. The van der Waals surface area contributed by atoms with Gasteiger partial charge in [0.15, 0.2) is 0 Å². The monoisotopic (exact) mass is 344 g/mol. The quantitative estimate of drug-likeness (QED) is 0.713. The molecule has 6 heteroatoms. The van der Waals surface area contributed by atoms with Crippen LogP contribution in [0.15, 0.2) is 59.1 Å². The first-order chi connectivity index (χ1) is 10.3. The molecular formula is C15H13BrN4O. The summed E-state index contributed by atoms with van der Waals surface area (Å²) in [5, 5.41) is 12.5. The van der Waals surface area contributed by atoms with Crippen LogP contribution >= 0.6 is 15.9 Å². The molecule has 0 aliphatic carbocycles. The maximum atomic E-state index is 5.61. The van der Waals surface area contributed by atoms with Crippen molar-refractivity contribution in [1.82, 2.24) is 20.2 Å². The van der Waals surface area contributed by atoms with Gasteiger partial charge in [0.05, 0.1) is 6.54 Å². The third-order valence-corrected chi connectivity index (χ3v) is 3.56. The third-order valence-electron chi connectivity index (χ3n) is 2.87. The number of rotatable bonds is 5. The van der Waals surface area contributed by atoms with Gasteiger partial charge in [0.2, 0.25) is 5.82 Å². The average Bonchev–Trinajstić information content (AvgIpc) is 2.97. The molecule has 0 unspecified atom stereocenters. The highest BCUT2D eigenvalue weighted by Crippen LogP contribution is 2.24. The lowest BCUT2D eigenvalue weighted by atomic mass is 10.2. The molecule has 0 radical (unpaired) electrons. The molecule has 106 valence electrons. The van der Waals surface area contributed by atoms with Crippen molar-refractivity contribution < 1.29 is 4.74 Å². The van der Waals surface area contributed by atoms with Crippen LogP contribution in [0.4, 0.5) is 0 Å². The van der Waals surface area contributed by atoms with Crippen molar-refractivity contribution in [2.75, 3.05) is 6.61 Å². The molecule has 2 aromatic carbocycles. The highest BCUT2D eigenvalue weighted by Gasteiger charge is 2.08. The van der Waals surface area contributed by atoms with Crippen LogP contribution in [0.5, 0.6) is 5.75 Å². The number of benzene rings is 2. The van der Waals surface area contributed by atoms with Crippen LogP contribution in [0.2, 0.25) is 0 Å². The molecule has 1 heterocycles. The number of hydrogen-bond acceptors (Lipinski definition) is 4. The first-order valence-corrected chi connectivity index (χ1v) is 7.33. The maximum Gasteiger partial charge on any atom is 0.206 e. The van der Waals surface area contributed by atoms with E-state index in [0.717, 1.165) is 15.8 Å². The van der Waals surface area contributed by atoms with Crippen molar-refractivity contribution in [2.24, 2.45) is 0 Å². The van der Waals surface area contributed by atoms with Gasteiger partial charge in [-0.2, -0.15) is 4.80 Å². The maximum absolute atomic E-state index is 5.61. The number of hydrogen-bond donors (Lipinski definition) is 0. The Morgan fingerprint density at radius 2 is 1.76 bits per heavy atom. The summed E-state index contributed by atoms with van der Waals surface area (Å²) in [5.74, 6) is 1.44. The van der Waals surface area contributed by atoms with Crippen LogP contribution in [0.1, 0.15) is 0 Å². The van der Waals surface area contributed by atoms with E-state index >= 15 is 0 Å². The summed E-state index contributed by atoms with van der Waals surface area (Å²) in [5.41, 5.74) is 0.924. The lowest BCUT2D eigenvalue weighted by Gasteiger charge is -2.04. The Morgan fingerprint density at radius 1 is 1.00 bits per heavy atom. The SMILES string of the molecule is Brc1ccccc1-c1nnn(CCOc2ccccc2)n1. The molecule has 0 saturated carbocycles. The van der Waals surface area contributed by atoms with Gasteiger partial charge in [0.25, 0.3) is 0 Å². The second kappa shape index (κ2) is 6.49. The van der Waals surface area contributed by atoms with E-state index in [4.69, 9.17) is 4.74 Å². The van der Waals surface area contributed by atoms with E-state index in [1.807, 2.05) is 54.6 Å². The fraction of sp³-hybridized carbons (Fsp3) is 0.133. The molecular weight excluding hydrogens is 332 g/mol. The zero-order valence-electron chi connectivity index (χ0n) is 11.2. The highest BCUT2D eigenvalue weighted by molar-refractivity contribution is 9.10. The number of tetrazole rings is 1. The molecule has 0 amide bonds. The fourth-order valence-corrected chi connectivity index (χ4v) is 2.31. The fourth-order valence-electron chi connectivity index (χ4n) is 1.85. The number of para-hydroxylation sites is 1. The first-order valence-electron chi connectivity index (χ1n) is 6.53. The van der Waals surface area contributed by atoms with Gasteiger partial charge in [-0.3, -0.25) is 0 Å². The Morgan fingerprint density at radius 3 is 2.57 bits per heavy atom. The summed E-state index contributed by atoms with van der Waals surface area (Å²) in [4.78, 5) is 1.54. The lowest BCUT2D eigenvalue weighted by molar-refractivity contribution is 0.280. The molecule has 0 aliphatic rings. The second-order valence-electron chi connectivity index (χ2n) is 4.35. The summed E-state index contributed by atoms with van der Waals surface area (Å²) < 4.78 is 6.56. The molecule has 0 fully saturated rings. The normalized spacial score (nSPS) is 10.5. The molecule has 0 N–H and O–H groups in total. The molecule has 21 heavy (non-hydrogen) atoms. The second-order valence-corrected chi connectivity index (χ2v) is 5.20. The summed E-state index contributed by atoms with van der Waals surface area (Å²) in [7, 11) is 0. The minimum atomic E-state index is 0.496. The van der Waals surface area contributed by atoms with Crippen LogP contribution in [0.25, 0.3) is 11.4 Å². The minimum Gasteiger partial charge on any atom is -0.492 e. The number of aromatic nitrogens is 4. The minimum absolute atomic E-state index is 0.496. The van der Waals surface area contributed by atoms with E-state index < -0.39 is 0 Å². The van der Waals surface area contributed by atoms with Crippen molar-refractivity contribution in [2.45, 2.75) is 6.54 Å². The van der Waals surface area contributed by atoms with Crippen molar-refractivity contribution in [3.63, 3.8) is 0 Å². The van der Waals surface area contributed by atoms with E-state index in [1.165, 1.54) is 4.80 Å². The van der Waals surface area contributed by atoms with E-state index in [9.17, 15) is 0 Å². The van der Waals surface area contributed by atoms with Gasteiger partial charge < -0.3 is 4.74 Å². The summed E-state index contributed by atoms with van der Waals surface area (Å²) in [6.07, 6.45) is 0. The van der Waals surface area contributed by atoms with Crippen molar-refractivity contribution in [3.05, 3.63) is 59.1 Å². The first kappa shape index (κ1) is 13.8. The molecule has 0 saturated heterocycles. The number of halogens is 1. The Hall–Kier alpha value is -2.21.